The lowest BCUT2D eigenvalue weighted by Gasteiger charge is -2.26. The first-order valence-electron chi connectivity index (χ1n) is 15.4. The highest BCUT2D eigenvalue weighted by atomic mass is 32.2. The minimum atomic E-state index is -0.688. The molecule has 12 nitrogen and oxygen atoms in total. The molecule has 0 bridgehead atoms. The van der Waals surface area contributed by atoms with E-state index in [9.17, 15) is 18.5 Å². The van der Waals surface area contributed by atoms with Crippen molar-refractivity contribution in [1.29, 1.82) is 0 Å². The molecule has 0 aliphatic carbocycles. The number of phenolic OH excluding ortho intramolecular Hbond substituents is 1. The highest BCUT2D eigenvalue weighted by molar-refractivity contribution is 7.85. The quantitative estimate of drug-likeness (QED) is 0.199. The van der Waals surface area contributed by atoms with Crippen molar-refractivity contribution >= 4 is 33.4 Å². The van der Waals surface area contributed by atoms with Crippen LogP contribution in [-0.2, 0) is 30.2 Å². The molecule has 5 heterocycles. The normalized spacial score (nSPS) is 15.7. The Hall–Kier alpha value is -4.69. The van der Waals surface area contributed by atoms with E-state index in [4.69, 9.17) is 4.98 Å². The predicted molar refractivity (Wildman–Crippen MR) is 173 cm³/mol. The number of nitrogens with one attached hydrogen (secondary N) is 3. The molecule has 4 N–H and O–H groups in total. The fraction of sp³-hybridized carbons (Fsp3) is 0.344. The molecule has 3 aromatic heterocycles. The number of anilines is 1. The molecule has 0 spiro atoms. The Kier molecular flexibility index (Phi) is 8.21. The largest absolute Gasteiger partial charge is 0.505 e. The second-order valence-electron chi connectivity index (χ2n) is 11.5. The van der Waals surface area contributed by atoms with Gasteiger partial charge >= 0.3 is 0 Å². The van der Waals surface area contributed by atoms with E-state index >= 15 is 0 Å². The number of carbonyl (C=O) groups excluding carboxylic acids is 1. The van der Waals surface area contributed by atoms with Gasteiger partial charge in [-0.25, -0.2) is 19.3 Å². The Balaban J connectivity index is 1.01. The lowest BCUT2D eigenvalue weighted by molar-refractivity contribution is 0.0725. The van der Waals surface area contributed by atoms with Crippen molar-refractivity contribution in [2.24, 2.45) is 0 Å². The molecule has 0 radical (unpaired) electrons. The number of phenols is 1. The molecular formula is C32H34FN9O3S. The highest BCUT2D eigenvalue weighted by Gasteiger charge is 2.27. The average molecular weight is 644 g/mol. The molecule has 0 unspecified atom stereocenters. The van der Waals surface area contributed by atoms with E-state index in [1.165, 1.54) is 18.3 Å². The van der Waals surface area contributed by atoms with Crippen LogP contribution in [0.4, 0.5) is 10.2 Å². The third-order valence-corrected chi connectivity index (χ3v) is 9.92. The van der Waals surface area contributed by atoms with E-state index in [1.807, 2.05) is 25.1 Å². The van der Waals surface area contributed by atoms with Gasteiger partial charge in [0.2, 0.25) is 0 Å². The minimum Gasteiger partial charge on any atom is -0.505 e. The summed E-state index contributed by atoms with van der Waals surface area (Å²) < 4.78 is 25.7. The van der Waals surface area contributed by atoms with Crippen molar-refractivity contribution in [3.63, 3.8) is 0 Å². The van der Waals surface area contributed by atoms with Crippen LogP contribution in [0.5, 0.6) is 5.75 Å². The molecule has 2 aliphatic heterocycles. The molecular weight excluding hydrogens is 609 g/mol. The SMILES string of the molecule is CCc1cc(O)c(F)cc1-c1ccc2c(-c3nc4c([nH]3)CN(C(=O)c3cnc(NCCN5CCS(=O)CC5)cn3)CC4)n[nH]c2c1. The van der Waals surface area contributed by atoms with Crippen molar-refractivity contribution in [3.8, 4) is 28.4 Å². The number of imidazole rings is 1. The first kappa shape index (κ1) is 30.0. The number of hydrogen-bond donors (Lipinski definition) is 4. The summed E-state index contributed by atoms with van der Waals surface area (Å²) in [6.45, 7) is 6.03. The monoisotopic (exact) mass is 643 g/mol. The number of hydrogen-bond acceptors (Lipinski definition) is 9. The summed E-state index contributed by atoms with van der Waals surface area (Å²) in [5, 5.41) is 21.5. The molecule has 0 atom stereocenters. The lowest BCUT2D eigenvalue weighted by Crippen LogP contribution is -2.40. The van der Waals surface area contributed by atoms with Gasteiger partial charge in [0.1, 0.15) is 17.2 Å². The van der Waals surface area contributed by atoms with Gasteiger partial charge in [-0.05, 0) is 47.4 Å². The van der Waals surface area contributed by atoms with E-state index in [-0.39, 0.29) is 17.4 Å². The minimum absolute atomic E-state index is 0.197. The highest BCUT2D eigenvalue weighted by Crippen LogP contribution is 2.34. The van der Waals surface area contributed by atoms with Crippen LogP contribution < -0.4 is 5.32 Å². The number of aromatic nitrogens is 6. The number of benzene rings is 2. The molecule has 2 aromatic carbocycles. The van der Waals surface area contributed by atoms with Gasteiger partial charge in [-0.1, -0.05) is 13.0 Å². The fourth-order valence-electron chi connectivity index (χ4n) is 6.05. The van der Waals surface area contributed by atoms with Crippen LogP contribution in [-0.4, -0.2) is 99.4 Å². The van der Waals surface area contributed by atoms with Gasteiger partial charge in [-0.15, -0.1) is 0 Å². The number of aromatic hydroxyl groups is 1. The maximum absolute atomic E-state index is 14.2. The van der Waals surface area contributed by atoms with E-state index < -0.39 is 16.6 Å². The van der Waals surface area contributed by atoms with Gasteiger partial charge in [0.05, 0.1) is 35.8 Å². The number of nitrogens with zero attached hydrogens (tertiary/aromatic N) is 6. The third kappa shape index (κ3) is 5.97. The van der Waals surface area contributed by atoms with Crippen LogP contribution in [0.2, 0.25) is 0 Å². The molecule has 0 saturated carbocycles. The van der Waals surface area contributed by atoms with Gasteiger partial charge in [0.25, 0.3) is 5.91 Å². The zero-order chi connectivity index (χ0) is 31.8. The topological polar surface area (TPSA) is 156 Å². The van der Waals surface area contributed by atoms with Crippen molar-refractivity contribution in [2.45, 2.75) is 26.3 Å². The van der Waals surface area contributed by atoms with E-state index in [2.05, 4.69) is 35.4 Å². The Labute approximate surface area is 266 Å². The smallest absolute Gasteiger partial charge is 0.274 e. The van der Waals surface area contributed by atoms with Crippen LogP contribution in [0.25, 0.3) is 33.5 Å². The molecule has 14 heteroatoms. The van der Waals surface area contributed by atoms with E-state index in [0.29, 0.717) is 49.8 Å². The predicted octanol–water partition coefficient (Wildman–Crippen LogP) is 3.49. The summed E-state index contributed by atoms with van der Waals surface area (Å²) in [5.41, 5.74) is 5.83. The zero-order valence-corrected chi connectivity index (χ0v) is 26.2. The van der Waals surface area contributed by atoms with Gasteiger partial charge in [-0.3, -0.25) is 19.0 Å². The maximum atomic E-state index is 14.2. The van der Waals surface area contributed by atoms with E-state index in [1.54, 1.807) is 11.1 Å². The van der Waals surface area contributed by atoms with Crippen molar-refractivity contribution in [3.05, 3.63) is 71.2 Å². The number of carbonyl (C=O) groups is 1. The van der Waals surface area contributed by atoms with Gasteiger partial charge in [0.15, 0.2) is 17.4 Å². The molecule has 46 heavy (non-hydrogen) atoms. The number of halogens is 1. The van der Waals surface area contributed by atoms with Crippen LogP contribution >= 0.6 is 0 Å². The molecule has 2 aliphatic rings. The molecule has 5 aromatic rings. The van der Waals surface area contributed by atoms with Crippen molar-refractivity contribution < 1.29 is 18.5 Å². The number of aryl methyl sites for hydroxylation is 1. The second kappa shape index (κ2) is 12.6. The summed E-state index contributed by atoms with van der Waals surface area (Å²) in [5.74, 6) is 1.45. The molecule has 1 saturated heterocycles. The molecule has 7 rings (SSSR count). The first-order valence-corrected chi connectivity index (χ1v) is 16.9. The molecule has 1 amide bonds. The summed E-state index contributed by atoms with van der Waals surface area (Å²) in [6.07, 6.45) is 4.32. The van der Waals surface area contributed by atoms with Gasteiger partial charge in [0, 0.05) is 66.8 Å². The van der Waals surface area contributed by atoms with Crippen molar-refractivity contribution in [1.82, 2.24) is 39.9 Å². The second-order valence-corrected chi connectivity index (χ2v) is 13.2. The Morgan fingerprint density at radius 3 is 2.76 bits per heavy atom. The summed E-state index contributed by atoms with van der Waals surface area (Å²) in [7, 11) is -0.688. The Morgan fingerprint density at radius 2 is 1.98 bits per heavy atom. The summed E-state index contributed by atoms with van der Waals surface area (Å²) >= 11 is 0. The maximum Gasteiger partial charge on any atom is 0.274 e. The Morgan fingerprint density at radius 1 is 1.13 bits per heavy atom. The van der Waals surface area contributed by atoms with E-state index in [0.717, 1.165) is 70.1 Å². The van der Waals surface area contributed by atoms with Crippen LogP contribution in [0.15, 0.2) is 42.7 Å². The number of rotatable bonds is 8. The average Bonchev–Trinajstić information content (AvgIpc) is 3.70. The van der Waals surface area contributed by atoms with Crippen LogP contribution in [0.1, 0.15) is 34.4 Å². The Bertz CT molecular complexity index is 1930. The van der Waals surface area contributed by atoms with Crippen LogP contribution in [0.3, 0.4) is 0 Å². The number of amides is 1. The number of fused-ring (bicyclic) bond motifs is 2. The number of H-pyrrole nitrogens is 2. The fourth-order valence-corrected chi connectivity index (χ4v) is 7.17. The van der Waals surface area contributed by atoms with Gasteiger partial charge < -0.3 is 20.3 Å². The lowest BCUT2D eigenvalue weighted by atomic mass is 9.96. The molecule has 238 valence electrons. The van der Waals surface area contributed by atoms with Gasteiger partial charge in [-0.2, -0.15) is 5.10 Å². The standard InChI is InChI=1S/C32H34FN9O3S/c1-2-19-14-28(43)23(33)15-22(19)20-3-4-21-25(13-20)39-40-30(21)31-37-24-5-7-42(18-27(24)38-31)32(44)26-16-36-29(17-35-26)34-6-8-41-9-11-46(45)12-10-41/h3-4,13-17,43H,2,5-12,18H2,1H3,(H,34,36)(H,37,38)(H,39,40). The zero-order valence-electron chi connectivity index (χ0n) is 25.3. The van der Waals surface area contributed by atoms with Crippen molar-refractivity contribution in [2.75, 3.05) is 49.5 Å². The summed E-state index contributed by atoms with van der Waals surface area (Å²) in [4.78, 5) is 34.3. The third-order valence-electron chi connectivity index (χ3n) is 8.65. The molecule has 1 fully saturated rings. The summed E-state index contributed by atoms with van der Waals surface area (Å²) in [6, 6.07) is 8.59. The number of aromatic amines is 2. The van der Waals surface area contributed by atoms with Crippen LogP contribution in [0, 0.1) is 5.82 Å². The first-order chi connectivity index (χ1) is 22.4.